The van der Waals surface area contributed by atoms with Crippen LogP contribution in [-0.4, -0.2) is 101 Å². The van der Waals surface area contributed by atoms with Gasteiger partial charge >= 0.3 is 5.97 Å². The fourth-order valence-electron chi connectivity index (χ4n) is 3.20. The normalized spacial score (nSPS) is 23.5. The molecule has 196 valence electrons. The smallest absolute Gasteiger partial charge is 0.324 e. The maximum atomic E-state index is 12.0. The van der Waals surface area contributed by atoms with Crippen LogP contribution in [0.25, 0.3) is 0 Å². The zero-order valence-corrected chi connectivity index (χ0v) is 21.2. The van der Waals surface area contributed by atoms with E-state index in [9.17, 15) is 21.6 Å². The average Bonchev–Trinajstić information content (AvgIpc) is 2.75. The Morgan fingerprint density at radius 2 is 1.39 bits per heavy atom. The Labute approximate surface area is 196 Å². The molecule has 3 fully saturated rings. The summed E-state index contributed by atoms with van der Waals surface area (Å²) in [6.45, 7) is 5.78. The third-order valence-corrected chi connectivity index (χ3v) is 8.92. The van der Waals surface area contributed by atoms with Crippen molar-refractivity contribution in [3.05, 3.63) is 0 Å². The molecule has 0 aromatic heterocycles. The van der Waals surface area contributed by atoms with E-state index in [1.165, 1.54) is 13.8 Å². The third-order valence-electron chi connectivity index (χ3n) is 5.45. The molecule has 0 aromatic carbocycles. The van der Waals surface area contributed by atoms with Crippen LogP contribution in [0, 0.1) is 0 Å². The minimum absolute atomic E-state index is 0.0891. The second-order valence-electron chi connectivity index (χ2n) is 8.66. The van der Waals surface area contributed by atoms with Crippen LogP contribution in [-0.2, 0) is 43.1 Å². The first-order chi connectivity index (χ1) is 15.3. The van der Waals surface area contributed by atoms with E-state index in [1.807, 2.05) is 0 Å². The molecule has 3 aliphatic rings. The highest BCUT2D eigenvalue weighted by molar-refractivity contribution is 7.94. The molecule has 1 unspecified atom stereocenters. The van der Waals surface area contributed by atoms with E-state index in [-0.39, 0.29) is 18.8 Å². The van der Waals surface area contributed by atoms with Crippen molar-refractivity contribution in [2.24, 2.45) is 0 Å². The number of aliphatic carboxylic acids is 1. The van der Waals surface area contributed by atoms with Gasteiger partial charge in [0.2, 0.25) is 0 Å². The monoisotopic (exact) mass is 518 g/mol. The molecular formula is C20H38O11S2. The van der Waals surface area contributed by atoms with Gasteiger partial charge in [-0.1, -0.05) is 0 Å². The predicted molar refractivity (Wildman–Crippen MR) is 120 cm³/mol. The Hall–Kier alpha value is -0.830. The summed E-state index contributed by atoms with van der Waals surface area (Å²) in [7, 11) is -6.96. The van der Waals surface area contributed by atoms with Crippen molar-refractivity contribution in [3.63, 3.8) is 0 Å². The Kier molecular flexibility index (Phi) is 12.7. The Balaban J connectivity index is 0.000000264. The number of ether oxygens (including phenoxy) is 3. The van der Waals surface area contributed by atoms with Crippen molar-refractivity contribution in [1.82, 2.24) is 0 Å². The zero-order valence-electron chi connectivity index (χ0n) is 19.6. The largest absolute Gasteiger partial charge is 0.480 e. The number of aliphatic hydroxyl groups excluding tert-OH is 1. The fourth-order valence-corrected chi connectivity index (χ4v) is 5.71. The lowest BCUT2D eigenvalue weighted by atomic mass is 10.2. The Bertz CT molecular complexity index is 775. The van der Waals surface area contributed by atoms with E-state index in [0.29, 0.717) is 45.5 Å². The van der Waals surface area contributed by atoms with Crippen LogP contribution in [0.2, 0.25) is 0 Å². The number of aliphatic hydroxyl groups is 1. The van der Waals surface area contributed by atoms with Gasteiger partial charge in [-0.15, -0.1) is 0 Å². The van der Waals surface area contributed by atoms with Crippen LogP contribution in [0.1, 0.15) is 52.4 Å². The summed E-state index contributed by atoms with van der Waals surface area (Å²) in [6.07, 6.45) is 4.95. The van der Waals surface area contributed by atoms with Crippen molar-refractivity contribution in [3.8, 4) is 0 Å². The van der Waals surface area contributed by atoms with Gasteiger partial charge in [-0.25, -0.2) is 8.42 Å². The summed E-state index contributed by atoms with van der Waals surface area (Å²) >= 11 is 0. The molecule has 0 bridgehead atoms. The van der Waals surface area contributed by atoms with E-state index in [1.54, 1.807) is 0 Å². The lowest BCUT2D eigenvalue weighted by Crippen LogP contribution is -2.48. The lowest BCUT2D eigenvalue weighted by Gasteiger charge is -2.29. The molecule has 0 radical (unpaired) electrons. The number of sulfone groups is 1. The molecule has 3 heterocycles. The maximum absolute atomic E-state index is 12.0. The minimum Gasteiger partial charge on any atom is -0.480 e. The Morgan fingerprint density at radius 1 is 0.879 bits per heavy atom. The van der Waals surface area contributed by atoms with Crippen LogP contribution >= 0.6 is 0 Å². The molecule has 0 aliphatic carbocycles. The summed E-state index contributed by atoms with van der Waals surface area (Å²) in [5.41, 5.74) is 0. The fraction of sp³-hybridized carbons (Fsp3) is 0.950. The molecule has 33 heavy (non-hydrogen) atoms. The molecular weight excluding hydrogens is 480 g/mol. The summed E-state index contributed by atoms with van der Waals surface area (Å²) < 4.78 is 63.4. The molecule has 0 aromatic rings. The highest BCUT2D eigenvalue weighted by Crippen LogP contribution is 2.26. The van der Waals surface area contributed by atoms with Crippen molar-refractivity contribution in [2.45, 2.75) is 74.6 Å². The van der Waals surface area contributed by atoms with Gasteiger partial charge < -0.3 is 24.4 Å². The molecule has 2 N–H and O–H groups in total. The van der Waals surface area contributed by atoms with E-state index >= 15 is 0 Å². The van der Waals surface area contributed by atoms with Crippen LogP contribution < -0.4 is 0 Å². The summed E-state index contributed by atoms with van der Waals surface area (Å²) in [5.74, 6) is -1.31. The maximum Gasteiger partial charge on any atom is 0.324 e. The second-order valence-corrected chi connectivity index (χ2v) is 13.0. The first-order valence-corrected chi connectivity index (χ1v) is 14.4. The first-order valence-electron chi connectivity index (χ1n) is 11.0. The second kappa shape index (κ2) is 13.9. The van der Waals surface area contributed by atoms with Gasteiger partial charge in [-0.2, -0.15) is 8.42 Å². The molecule has 0 spiro atoms. The average molecular weight is 519 g/mol. The molecule has 13 heteroatoms. The minimum atomic E-state index is -3.69. The lowest BCUT2D eigenvalue weighted by molar-refractivity contribution is -0.139. The van der Waals surface area contributed by atoms with Crippen LogP contribution in [0.15, 0.2) is 0 Å². The predicted octanol–water partition coefficient (Wildman–Crippen LogP) is 0.743. The number of carboxylic acids is 1. The van der Waals surface area contributed by atoms with Crippen LogP contribution in [0.5, 0.6) is 0 Å². The number of hydrogen-bond donors (Lipinski definition) is 2. The van der Waals surface area contributed by atoms with Crippen molar-refractivity contribution >= 4 is 25.9 Å². The van der Waals surface area contributed by atoms with Crippen LogP contribution in [0.3, 0.4) is 0 Å². The van der Waals surface area contributed by atoms with Gasteiger partial charge in [0, 0.05) is 33.0 Å². The number of rotatable bonds is 5. The number of hydrogen-bond acceptors (Lipinski definition) is 10. The topological polar surface area (TPSA) is 163 Å². The van der Waals surface area contributed by atoms with Gasteiger partial charge in [0.05, 0.1) is 30.3 Å². The SMILES string of the molecule is CC(C)(C(=O)O)S(=O)(=O)C1CCCOC1.CS(=O)(=O)OC1CCOCC1.OC1CCOCC1. The van der Waals surface area contributed by atoms with E-state index in [0.717, 1.165) is 32.3 Å². The molecule has 0 amide bonds. The van der Waals surface area contributed by atoms with Gasteiger partial charge in [-0.05, 0) is 52.4 Å². The summed E-state index contributed by atoms with van der Waals surface area (Å²) in [6, 6.07) is 0. The number of carboxylic acid groups (broad SMARTS) is 1. The summed E-state index contributed by atoms with van der Waals surface area (Å²) in [5, 5.41) is 17.0. The highest BCUT2D eigenvalue weighted by atomic mass is 32.2. The molecule has 11 nitrogen and oxygen atoms in total. The van der Waals surface area contributed by atoms with E-state index in [4.69, 9.17) is 28.6 Å². The standard InChI is InChI=1S/C9H16O5S.C6H12O4S.C5H10O2/c1-9(2,8(10)11)15(12,13)7-4-3-5-14-6-7;1-11(7,8)10-6-2-4-9-5-3-6;6-5-1-3-7-4-2-5/h7H,3-6H2,1-2H3,(H,10,11);6H,2-5H2,1H3;5-6H,1-4H2. The molecule has 3 saturated heterocycles. The van der Waals surface area contributed by atoms with Crippen LogP contribution in [0.4, 0.5) is 0 Å². The molecule has 3 aliphatic heterocycles. The van der Waals surface area contributed by atoms with E-state index < -0.39 is 35.9 Å². The summed E-state index contributed by atoms with van der Waals surface area (Å²) in [4.78, 5) is 10.9. The number of carbonyl (C=O) groups is 1. The highest BCUT2D eigenvalue weighted by Gasteiger charge is 2.46. The molecule has 1 atom stereocenters. The molecule has 3 rings (SSSR count). The van der Waals surface area contributed by atoms with Gasteiger partial charge in [0.25, 0.3) is 10.1 Å². The Morgan fingerprint density at radius 3 is 1.76 bits per heavy atom. The molecule has 0 saturated carbocycles. The zero-order chi connectivity index (χ0) is 25.1. The van der Waals surface area contributed by atoms with Crippen molar-refractivity contribution < 1.29 is 50.2 Å². The van der Waals surface area contributed by atoms with E-state index in [2.05, 4.69) is 0 Å². The van der Waals surface area contributed by atoms with Gasteiger partial charge in [-0.3, -0.25) is 8.98 Å². The van der Waals surface area contributed by atoms with Crippen molar-refractivity contribution in [1.29, 1.82) is 0 Å². The quantitative estimate of drug-likeness (QED) is 0.494. The van der Waals surface area contributed by atoms with Gasteiger partial charge in [0.15, 0.2) is 14.6 Å². The third kappa shape index (κ3) is 11.0. The van der Waals surface area contributed by atoms with Crippen molar-refractivity contribution in [2.75, 3.05) is 45.9 Å². The van der Waals surface area contributed by atoms with Gasteiger partial charge in [0.1, 0.15) is 0 Å². The first kappa shape index (κ1) is 30.2.